The number of rotatable bonds is 4. The number of benzene rings is 1. The van der Waals surface area contributed by atoms with Crippen LogP contribution in [-0.2, 0) is 11.3 Å². The standard InChI is InChI=1S/C15H21NO/c1-2-13-7-6-8-14(11-13)12-16-17-15-9-4-3-5-10-15/h6-8,11-12,15H,2-5,9-10H2,1H3. The zero-order chi connectivity index (χ0) is 11.9. The van der Waals surface area contributed by atoms with Crippen molar-refractivity contribution in [3.8, 4) is 0 Å². The van der Waals surface area contributed by atoms with Crippen molar-refractivity contribution in [3.05, 3.63) is 35.4 Å². The molecule has 2 nitrogen and oxygen atoms in total. The molecule has 92 valence electrons. The van der Waals surface area contributed by atoms with Crippen LogP contribution < -0.4 is 0 Å². The van der Waals surface area contributed by atoms with E-state index in [4.69, 9.17) is 4.84 Å². The summed E-state index contributed by atoms with van der Waals surface area (Å²) in [4.78, 5) is 5.53. The molecule has 17 heavy (non-hydrogen) atoms. The van der Waals surface area contributed by atoms with E-state index < -0.39 is 0 Å². The number of hydrogen-bond acceptors (Lipinski definition) is 2. The van der Waals surface area contributed by atoms with Gasteiger partial charge >= 0.3 is 0 Å². The van der Waals surface area contributed by atoms with Crippen molar-refractivity contribution < 1.29 is 4.84 Å². The van der Waals surface area contributed by atoms with Crippen LogP contribution in [0.15, 0.2) is 29.4 Å². The summed E-state index contributed by atoms with van der Waals surface area (Å²) >= 11 is 0. The summed E-state index contributed by atoms with van der Waals surface area (Å²) in [5.74, 6) is 0. The molecule has 1 aromatic carbocycles. The Hall–Kier alpha value is -1.31. The lowest BCUT2D eigenvalue weighted by atomic mass is 9.98. The van der Waals surface area contributed by atoms with E-state index in [-0.39, 0.29) is 0 Å². The van der Waals surface area contributed by atoms with Gasteiger partial charge in [-0.25, -0.2) is 0 Å². The monoisotopic (exact) mass is 231 g/mol. The van der Waals surface area contributed by atoms with Crippen molar-refractivity contribution in [3.63, 3.8) is 0 Å². The molecule has 0 bridgehead atoms. The highest BCUT2D eigenvalue weighted by atomic mass is 16.6. The molecule has 1 saturated carbocycles. The quantitative estimate of drug-likeness (QED) is 0.568. The molecule has 0 heterocycles. The van der Waals surface area contributed by atoms with Gasteiger partial charge in [0.05, 0.1) is 6.21 Å². The largest absolute Gasteiger partial charge is 0.393 e. The smallest absolute Gasteiger partial charge is 0.127 e. The van der Waals surface area contributed by atoms with Gasteiger partial charge in [-0.2, -0.15) is 0 Å². The summed E-state index contributed by atoms with van der Waals surface area (Å²) < 4.78 is 0. The molecule has 1 aliphatic rings. The first-order valence-electron chi connectivity index (χ1n) is 6.66. The van der Waals surface area contributed by atoms with Crippen molar-refractivity contribution in [2.75, 3.05) is 0 Å². The molecule has 0 aliphatic heterocycles. The van der Waals surface area contributed by atoms with E-state index in [9.17, 15) is 0 Å². The maximum absolute atomic E-state index is 5.53. The Balaban J connectivity index is 1.86. The average molecular weight is 231 g/mol. The lowest BCUT2D eigenvalue weighted by molar-refractivity contribution is 0.0340. The third-order valence-corrected chi connectivity index (χ3v) is 3.32. The lowest BCUT2D eigenvalue weighted by Crippen LogP contribution is -2.13. The number of hydrogen-bond donors (Lipinski definition) is 0. The first-order valence-corrected chi connectivity index (χ1v) is 6.66. The highest BCUT2D eigenvalue weighted by Gasteiger charge is 2.13. The summed E-state index contributed by atoms with van der Waals surface area (Å²) in [5.41, 5.74) is 2.46. The molecule has 0 saturated heterocycles. The van der Waals surface area contributed by atoms with Crippen LogP contribution in [-0.4, -0.2) is 12.3 Å². The molecule has 1 aliphatic carbocycles. The van der Waals surface area contributed by atoms with Crippen LogP contribution in [0.25, 0.3) is 0 Å². The SMILES string of the molecule is CCc1cccc(C=NOC2CCCCC2)c1. The van der Waals surface area contributed by atoms with Crippen LogP contribution in [0.2, 0.25) is 0 Å². The van der Waals surface area contributed by atoms with Gasteiger partial charge in [0.2, 0.25) is 0 Å². The molecule has 2 heteroatoms. The van der Waals surface area contributed by atoms with Gasteiger partial charge in [-0.05, 0) is 43.2 Å². The Morgan fingerprint density at radius 3 is 2.88 bits per heavy atom. The van der Waals surface area contributed by atoms with E-state index >= 15 is 0 Å². The second-order valence-electron chi connectivity index (χ2n) is 4.70. The zero-order valence-electron chi connectivity index (χ0n) is 10.6. The van der Waals surface area contributed by atoms with E-state index in [0.29, 0.717) is 6.10 Å². The maximum Gasteiger partial charge on any atom is 0.127 e. The highest BCUT2D eigenvalue weighted by Crippen LogP contribution is 2.20. The molecule has 2 rings (SSSR count). The minimum absolute atomic E-state index is 0.342. The lowest BCUT2D eigenvalue weighted by Gasteiger charge is -2.18. The van der Waals surface area contributed by atoms with Crippen molar-refractivity contribution in [2.45, 2.75) is 51.6 Å². The van der Waals surface area contributed by atoms with E-state index in [2.05, 4.69) is 36.3 Å². The van der Waals surface area contributed by atoms with E-state index in [1.807, 2.05) is 6.21 Å². The third kappa shape index (κ3) is 3.88. The second kappa shape index (κ2) is 6.43. The Labute approximate surface area is 104 Å². The van der Waals surface area contributed by atoms with Crippen molar-refractivity contribution in [2.24, 2.45) is 5.16 Å². The minimum atomic E-state index is 0.342. The molecule has 0 atom stereocenters. The predicted molar refractivity (Wildman–Crippen MR) is 71.4 cm³/mol. The number of aryl methyl sites for hydroxylation is 1. The molecule has 0 N–H and O–H groups in total. The maximum atomic E-state index is 5.53. The third-order valence-electron chi connectivity index (χ3n) is 3.32. The van der Waals surface area contributed by atoms with Gasteiger partial charge in [-0.1, -0.05) is 42.8 Å². The van der Waals surface area contributed by atoms with Gasteiger partial charge in [0.1, 0.15) is 6.10 Å². The second-order valence-corrected chi connectivity index (χ2v) is 4.70. The molecular weight excluding hydrogens is 210 g/mol. The summed E-state index contributed by atoms with van der Waals surface area (Å²) in [5, 5.41) is 4.12. The fourth-order valence-electron chi connectivity index (χ4n) is 2.24. The molecule has 0 unspecified atom stereocenters. The topological polar surface area (TPSA) is 21.6 Å². The molecule has 0 spiro atoms. The normalized spacial score (nSPS) is 17.5. The first-order chi connectivity index (χ1) is 8.38. The summed E-state index contributed by atoms with van der Waals surface area (Å²) in [6, 6.07) is 8.43. The van der Waals surface area contributed by atoms with Crippen LogP contribution in [0.1, 0.15) is 50.2 Å². The van der Waals surface area contributed by atoms with Crippen LogP contribution in [0.3, 0.4) is 0 Å². The van der Waals surface area contributed by atoms with Crippen LogP contribution in [0.5, 0.6) is 0 Å². The van der Waals surface area contributed by atoms with Gasteiger partial charge in [0.15, 0.2) is 0 Å². The Bertz CT molecular complexity index is 367. The Morgan fingerprint density at radius 2 is 2.12 bits per heavy atom. The highest BCUT2D eigenvalue weighted by molar-refractivity contribution is 5.79. The Kier molecular flexibility index (Phi) is 4.60. The van der Waals surface area contributed by atoms with Gasteiger partial charge in [-0.3, -0.25) is 0 Å². The fourth-order valence-corrected chi connectivity index (χ4v) is 2.24. The molecule has 0 amide bonds. The average Bonchev–Trinajstić information content (AvgIpc) is 2.40. The number of oxime groups is 1. The van der Waals surface area contributed by atoms with Crippen LogP contribution in [0, 0.1) is 0 Å². The van der Waals surface area contributed by atoms with E-state index in [0.717, 1.165) is 24.8 Å². The first kappa shape index (κ1) is 12.2. The van der Waals surface area contributed by atoms with Crippen molar-refractivity contribution in [1.29, 1.82) is 0 Å². The van der Waals surface area contributed by atoms with Crippen LogP contribution >= 0.6 is 0 Å². The van der Waals surface area contributed by atoms with Crippen molar-refractivity contribution in [1.82, 2.24) is 0 Å². The van der Waals surface area contributed by atoms with Crippen molar-refractivity contribution >= 4 is 6.21 Å². The molecule has 1 aromatic rings. The fraction of sp³-hybridized carbons (Fsp3) is 0.533. The molecular formula is C15H21NO. The summed E-state index contributed by atoms with van der Waals surface area (Å²) in [6.45, 7) is 2.16. The van der Waals surface area contributed by atoms with Gasteiger partial charge < -0.3 is 4.84 Å². The Morgan fingerprint density at radius 1 is 1.29 bits per heavy atom. The van der Waals surface area contributed by atoms with Crippen LogP contribution in [0.4, 0.5) is 0 Å². The zero-order valence-corrected chi connectivity index (χ0v) is 10.6. The van der Waals surface area contributed by atoms with E-state index in [1.165, 1.54) is 24.8 Å². The van der Waals surface area contributed by atoms with Gasteiger partial charge in [-0.15, -0.1) is 0 Å². The molecule has 1 fully saturated rings. The van der Waals surface area contributed by atoms with Gasteiger partial charge in [0, 0.05) is 0 Å². The summed E-state index contributed by atoms with van der Waals surface area (Å²) in [6.07, 6.45) is 9.46. The van der Waals surface area contributed by atoms with Gasteiger partial charge in [0.25, 0.3) is 0 Å². The summed E-state index contributed by atoms with van der Waals surface area (Å²) in [7, 11) is 0. The predicted octanol–water partition coefficient (Wildman–Crippen LogP) is 3.93. The molecule has 0 radical (unpaired) electrons. The molecule has 0 aromatic heterocycles. The number of nitrogens with zero attached hydrogens (tertiary/aromatic N) is 1. The minimum Gasteiger partial charge on any atom is -0.393 e. The van der Waals surface area contributed by atoms with E-state index in [1.54, 1.807) is 0 Å².